The van der Waals surface area contributed by atoms with Gasteiger partial charge < -0.3 is 10.0 Å². The third kappa shape index (κ3) is 2.82. The maximum absolute atomic E-state index is 15.0. The Bertz CT molecular complexity index is 794. The van der Waals surface area contributed by atoms with E-state index in [1.54, 1.807) is 4.72 Å². The molecule has 0 aromatic heterocycles. The number of hydrogen-bond acceptors (Lipinski definition) is 5. The lowest BCUT2D eigenvalue weighted by molar-refractivity contribution is -0.117. The predicted molar refractivity (Wildman–Crippen MR) is 86.6 cm³/mol. The number of phenolic OH excluding ortho intramolecular Hbond substituents is 1. The van der Waals surface area contributed by atoms with Gasteiger partial charge in [0, 0.05) is 6.04 Å². The van der Waals surface area contributed by atoms with Crippen LogP contribution >= 0.6 is 0 Å². The second-order valence-electron chi connectivity index (χ2n) is 6.43. The van der Waals surface area contributed by atoms with Gasteiger partial charge in [0.05, 0.1) is 0 Å². The molecule has 1 saturated heterocycles. The van der Waals surface area contributed by atoms with Gasteiger partial charge in [-0.25, -0.2) is 13.4 Å². The molecule has 2 N–H and O–H groups in total. The Morgan fingerprint density at radius 3 is 2.58 bits per heavy atom. The van der Waals surface area contributed by atoms with Crippen molar-refractivity contribution in [1.82, 2.24) is 9.62 Å². The fraction of sp³-hybridized carbons (Fsp3) is 0.533. The highest BCUT2D eigenvalue weighted by atomic mass is 32.2. The van der Waals surface area contributed by atoms with Crippen molar-refractivity contribution in [3.8, 4) is 5.75 Å². The molecule has 7 nitrogen and oxygen atoms in total. The number of aromatic hydroxyl groups is 1. The van der Waals surface area contributed by atoms with Crippen LogP contribution in [0.2, 0.25) is 0 Å². The minimum atomic E-state index is -4.17. The third-order valence-corrected chi connectivity index (χ3v) is 6.07. The summed E-state index contributed by atoms with van der Waals surface area (Å²) in [4.78, 5) is 13.5. The molecule has 0 bridgehead atoms. The zero-order chi connectivity index (χ0) is 17.6. The topological polar surface area (TPSA) is 89.9 Å². The summed E-state index contributed by atoms with van der Waals surface area (Å²) < 4.78 is 41.3. The Kier molecular flexibility index (Phi) is 4.16. The first-order valence-corrected chi connectivity index (χ1v) is 9.17. The van der Waals surface area contributed by atoms with Crippen LogP contribution in [0.3, 0.4) is 0 Å². The first kappa shape index (κ1) is 17.0. The van der Waals surface area contributed by atoms with E-state index in [9.17, 15) is 18.3 Å². The Labute approximate surface area is 140 Å². The van der Waals surface area contributed by atoms with E-state index in [-0.39, 0.29) is 0 Å². The van der Waals surface area contributed by atoms with Gasteiger partial charge in [-0.05, 0) is 57.0 Å². The number of nitrogens with one attached hydrogen (secondary N) is 1. The number of hydrogen-bond donors (Lipinski definition) is 2. The normalized spacial score (nSPS) is 23.1. The van der Waals surface area contributed by atoms with Gasteiger partial charge in [-0.3, -0.25) is 4.79 Å². The molecule has 0 radical (unpaired) electrons. The lowest BCUT2D eigenvalue weighted by Crippen LogP contribution is -2.30. The number of nitrogens with zero attached hydrogens (tertiary/aromatic N) is 2. The van der Waals surface area contributed by atoms with Crippen molar-refractivity contribution in [1.29, 1.82) is 0 Å². The average Bonchev–Trinajstić information content (AvgIpc) is 2.63. The minimum absolute atomic E-state index is 0.293. The summed E-state index contributed by atoms with van der Waals surface area (Å²) in [6.07, 6.45) is 2.63. The van der Waals surface area contributed by atoms with Crippen LogP contribution in [-0.4, -0.2) is 51.0 Å². The molecule has 3 rings (SSSR count). The molecule has 1 amide bonds. The Balaban J connectivity index is 2.05. The zero-order valence-electron chi connectivity index (χ0n) is 13.5. The molecule has 0 unspecified atom stereocenters. The van der Waals surface area contributed by atoms with Gasteiger partial charge in [-0.1, -0.05) is 0 Å². The van der Waals surface area contributed by atoms with Gasteiger partial charge in [0.25, 0.3) is 5.91 Å². The molecule has 0 spiro atoms. The van der Waals surface area contributed by atoms with E-state index >= 15 is 4.39 Å². The van der Waals surface area contributed by atoms with E-state index in [0.717, 1.165) is 12.8 Å². The number of anilines is 1. The van der Waals surface area contributed by atoms with Crippen molar-refractivity contribution in [3.05, 3.63) is 23.0 Å². The summed E-state index contributed by atoms with van der Waals surface area (Å²) >= 11 is 0. The maximum Gasteiger partial charge on any atom is 0.326 e. The van der Waals surface area contributed by atoms with Crippen LogP contribution < -0.4 is 9.03 Å². The standard InChI is InChI=1S/C15H20FN3O4S/c1-18(2)10-4-3-9-7-12(20)15(14(16)11(9)6-5-10)19-8-13(21)17-24(19,22)23/h7,10,20H,3-6,8H2,1-2H3,(H,17,21)/t10-/m0/s1. The quantitative estimate of drug-likeness (QED) is 0.754. The number of carbonyl (C=O) groups excluding carboxylic acids is 1. The number of rotatable bonds is 2. The van der Waals surface area contributed by atoms with Crippen LogP contribution in [0.15, 0.2) is 6.07 Å². The van der Waals surface area contributed by atoms with Crippen LogP contribution in [-0.2, 0) is 27.8 Å². The van der Waals surface area contributed by atoms with Gasteiger partial charge in [-0.2, -0.15) is 8.42 Å². The van der Waals surface area contributed by atoms with Crippen molar-refractivity contribution in [2.24, 2.45) is 0 Å². The summed E-state index contributed by atoms with van der Waals surface area (Å²) in [6, 6.07) is 1.71. The number of carbonyl (C=O) groups is 1. The lowest BCUT2D eigenvalue weighted by Gasteiger charge is -2.22. The second kappa shape index (κ2) is 5.89. The molecule has 1 aromatic carbocycles. The molecule has 1 aliphatic carbocycles. The number of fused-ring (bicyclic) bond motifs is 1. The van der Waals surface area contributed by atoms with Gasteiger partial charge in [0.1, 0.15) is 18.0 Å². The van der Waals surface area contributed by atoms with Crippen LogP contribution in [0.1, 0.15) is 24.0 Å². The van der Waals surface area contributed by atoms with Gasteiger partial charge in [0.2, 0.25) is 0 Å². The van der Waals surface area contributed by atoms with E-state index in [2.05, 4.69) is 4.90 Å². The van der Waals surface area contributed by atoms with Gasteiger partial charge >= 0.3 is 10.2 Å². The SMILES string of the molecule is CN(C)[C@H]1CCc2cc(O)c(N3CC(=O)NS3(=O)=O)c(F)c2CC1. The van der Waals surface area contributed by atoms with Crippen LogP contribution in [0.5, 0.6) is 5.75 Å². The number of amides is 1. The van der Waals surface area contributed by atoms with Crippen molar-refractivity contribution in [3.63, 3.8) is 0 Å². The van der Waals surface area contributed by atoms with Crippen molar-refractivity contribution < 1.29 is 22.7 Å². The second-order valence-corrected chi connectivity index (χ2v) is 8.02. The van der Waals surface area contributed by atoms with Crippen molar-refractivity contribution >= 4 is 21.8 Å². The van der Waals surface area contributed by atoms with Crippen LogP contribution in [0.25, 0.3) is 0 Å². The van der Waals surface area contributed by atoms with Crippen LogP contribution in [0.4, 0.5) is 10.1 Å². The molecule has 1 heterocycles. The highest BCUT2D eigenvalue weighted by molar-refractivity contribution is 7.92. The molecule has 24 heavy (non-hydrogen) atoms. The molecule has 132 valence electrons. The molecule has 1 atom stereocenters. The molecule has 9 heteroatoms. The van der Waals surface area contributed by atoms with Crippen molar-refractivity contribution in [2.75, 3.05) is 24.9 Å². The number of phenols is 1. The van der Waals surface area contributed by atoms with Crippen LogP contribution in [0, 0.1) is 5.82 Å². The third-order valence-electron chi connectivity index (χ3n) is 4.69. The fourth-order valence-electron chi connectivity index (χ4n) is 3.39. The number of halogens is 1. The molecular formula is C15H20FN3O4S. The van der Waals surface area contributed by atoms with Gasteiger partial charge in [-0.15, -0.1) is 0 Å². The van der Waals surface area contributed by atoms with Crippen molar-refractivity contribution in [2.45, 2.75) is 31.7 Å². The molecule has 2 aliphatic rings. The monoisotopic (exact) mass is 357 g/mol. The summed E-state index contributed by atoms with van der Waals surface area (Å²) in [6.45, 7) is -0.536. The maximum atomic E-state index is 15.0. The zero-order valence-corrected chi connectivity index (χ0v) is 14.4. The average molecular weight is 357 g/mol. The molecule has 1 fully saturated rings. The van der Waals surface area contributed by atoms with E-state index in [1.165, 1.54) is 6.07 Å². The summed E-state index contributed by atoms with van der Waals surface area (Å²) in [5.74, 6) is -1.98. The molecule has 1 aromatic rings. The highest BCUT2D eigenvalue weighted by Crippen LogP contribution is 2.39. The Hall–Kier alpha value is -1.87. The van der Waals surface area contributed by atoms with E-state index in [4.69, 9.17) is 0 Å². The first-order chi connectivity index (χ1) is 11.2. The molecule has 0 saturated carbocycles. The number of benzene rings is 1. The van der Waals surface area contributed by atoms with E-state index in [1.807, 2.05) is 14.1 Å². The molecule has 1 aliphatic heterocycles. The summed E-state index contributed by atoms with van der Waals surface area (Å²) in [7, 11) is -0.236. The fourth-order valence-corrected chi connectivity index (χ4v) is 4.55. The van der Waals surface area contributed by atoms with Gasteiger partial charge in [0.15, 0.2) is 5.82 Å². The Morgan fingerprint density at radius 1 is 1.33 bits per heavy atom. The minimum Gasteiger partial charge on any atom is -0.506 e. The molecular weight excluding hydrogens is 337 g/mol. The lowest BCUT2D eigenvalue weighted by atomic mass is 10.0. The van der Waals surface area contributed by atoms with E-state index in [0.29, 0.717) is 34.3 Å². The highest BCUT2D eigenvalue weighted by Gasteiger charge is 2.38. The predicted octanol–water partition coefficient (Wildman–Crippen LogP) is 0.521. The smallest absolute Gasteiger partial charge is 0.326 e. The summed E-state index contributed by atoms with van der Waals surface area (Å²) in [5, 5.41) is 10.2. The van der Waals surface area contributed by atoms with E-state index < -0.39 is 39.9 Å². The summed E-state index contributed by atoms with van der Waals surface area (Å²) in [5.41, 5.74) is 0.658. The Morgan fingerprint density at radius 2 is 2.00 bits per heavy atom. The first-order valence-electron chi connectivity index (χ1n) is 7.73. The largest absolute Gasteiger partial charge is 0.506 e. The number of aryl methyl sites for hydroxylation is 1.